The molecule has 0 spiro atoms. The highest BCUT2D eigenvalue weighted by atomic mass is 35.5. The van der Waals surface area contributed by atoms with Crippen LogP contribution in [0.2, 0.25) is 5.15 Å². The number of halogens is 1. The van der Waals surface area contributed by atoms with Gasteiger partial charge in [-0.3, -0.25) is 0 Å². The summed E-state index contributed by atoms with van der Waals surface area (Å²) in [6.07, 6.45) is 6.70. The zero-order valence-electron chi connectivity index (χ0n) is 8.20. The third kappa shape index (κ3) is 2.11. The highest BCUT2D eigenvalue weighted by Gasteiger charge is 2.03. The number of nitrogens with zero attached hydrogens (tertiary/aromatic N) is 1. The van der Waals surface area contributed by atoms with E-state index in [1.54, 1.807) is 0 Å². The first-order chi connectivity index (χ1) is 7.31. The number of rotatable bonds is 2. The van der Waals surface area contributed by atoms with Crippen LogP contribution in [0.1, 0.15) is 12.0 Å². The van der Waals surface area contributed by atoms with E-state index in [1.165, 1.54) is 0 Å². The van der Waals surface area contributed by atoms with Crippen LogP contribution in [-0.2, 0) is 6.42 Å². The first-order valence-corrected chi connectivity index (χ1v) is 5.16. The van der Waals surface area contributed by atoms with Crippen LogP contribution in [-0.4, -0.2) is 4.98 Å². The van der Waals surface area contributed by atoms with Gasteiger partial charge in [-0.05, 0) is 24.1 Å². The summed E-state index contributed by atoms with van der Waals surface area (Å²) in [7, 11) is 0. The van der Waals surface area contributed by atoms with Gasteiger partial charge in [0.05, 0.1) is 5.52 Å². The van der Waals surface area contributed by atoms with Gasteiger partial charge in [0.15, 0.2) is 0 Å². The lowest BCUT2D eigenvalue weighted by Crippen LogP contribution is -1.90. The highest BCUT2D eigenvalue weighted by molar-refractivity contribution is 6.30. The zero-order valence-corrected chi connectivity index (χ0v) is 8.96. The average molecular weight is 216 g/mol. The molecule has 0 fully saturated rings. The maximum Gasteiger partial charge on any atom is 0.133 e. The summed E-state index contributed by atoms with van der Waals surface area (Å²) in [5.74, 6) is 2.61. The van der Waals surface area contributed by atoms with Crippen molar-refractivity contribution in [1.82, 2.24) is 4.98 Å². The predicted molar refractivity (Wildman–Crippen MR) is 63.9 cm³/mol. The van der Waals surface area contributed by atoms with Crippen LogP contribution in [0.25, 0.3) is 10.9 Å². The van der Waals surface area contributed by atoms with E-state index in [2.05, 4.69) is 17.0 Å². The van der Waals surface area contributed by atoms with Crippen molar-refractivity contribution in [2.45, 2.75) is 12.8 Å². The molecular formula is C13H10ClN. The fourth-order valence-electron chi connectivity index (χ4n) is 1.52. The molecule has 1 aromatic carbocycles. The molecule has 0 atom stereocenters. The minimum Gasteiger partial charge on any atom is -0.236 e. The van der Waals surface area contributed by atoms with Crippen molar-refractivity contribution in [3.8, 4) is 12.3 Å². The maximum atomic E-state index is 6.06. The molecule has 0 aliphatic carbocycles. The van der Waals surface area contributed by atoms with Crippen LogP contribution >= 0.6 is 11.6 Å². The number of aryl methyl sites for hydroxylation is 1. The third-order valence-corrected chi connectivity index (χ3v) is 2.62. The second kappa shape index (κ2) is 4.33. The predicted octanol–water partition coefficient (Wildman–Crippen LogP) is 3.45. The number of para-hydroxylation sites is 1. The van der Waals surface area contributed by atoms with Crippen molar-refractivity contribution in [3.63, 3.8) is 0 Å². The van der Waals surface area contributed by atoms with Crippen molar-refractivity contribution in [2.75, 3.05) is 0 Å². The molecule has 15 heavy (non-hydrogen) atoms. The molecule has 0 aliphatic rings. The van der Waals surface area contributed by atoms with Gasteiger partial charge >= 0.3 is 0 Å². The molecule has 2 aromatic rings. The smallest absolute Gasteiger partial charge is 0.133 e. The molecule has 0 saturated heterocycles. The Kier molecular flexibility index (Phi) is 2.89. The Balaban J connectivity index is 2.48. The van der Waals surface area contributed by atoms with Crippen LogP contribution in [0.3, 0.4) is 0 Å². The molecule has 2 rings (SSSR count). The molecule has 1 heterocycles. The molecule has 0 bridgehead atoms. The Morgan fingerprint density at radius 1 is 1.33 bits per heavy atom. The van der Waals surface area contributed by atoms with Crippen molar-refractivity contribution >= 4 is 22.5 Å². The number of terminal acetylenes is 1. The molecule has 2 heteroatoms. The van der Waals surface area contributed by atoms with Crippen molar-refractivity contribution < 1.29 is 0 Å². The number of aromatic nitrogens is 1. The molecule has 0 aliphatic heterocycles. The zero-order chi connectivity index (χ0) is 10.7. The first kappa shape index (κ1) is 10.0. The van der Waals surface area contributed by atoms with E-state index >= 15 is 0 Å². The largest absolute Gasteiger partial charge is 0.236 e. The summed E-state index contributed by atoms with van der Waals surface area (Å²) in [6.45, 7) is 0. The summed E-state index contributed by atoms with van der Waals surface area (Å²) in [6, 6.07) is 9.97. The van der Waals surface area contributed by atoms with E-state index < -0.39 is 0 Å². The molecule has 0 amide bonds. The highest BCUT2D eigenvalue weighted by Crippen LogP contribution is 2.21. The van der Waals surface area contributed by atoms with Crippen LogP contribution in [0.4, 0.5) is 0 Å². The van der Waals surface area contributed by atoms with E-state index in [-0.39, 0.29) is 0 Å². The van der Waals surface area contributed by atoms with Crippen molar-refractivity contribution in [2.24, 2.45) is 0 Å². The standard InChI is InChI=1S/C13H10ClN/c1-2-3-6-11-9-10-7-4-5-8-12(10)15-13(11)14/h1,4-5,7-9H,3,6H2. The number of hydrogen-bond acceptors (Lipinski definition) is 1. The van der Waals surface area contributed by atoms with Gasteiger partial charge in [0.2, 0.25) is 0 Å². The van der Waals surface area contributed by atoms with Crippen molar-refractivity contribution in [1.29, 1.82) is 0 Å². The van der Waals surface area contributed by atoms with Gasteiger partial charge in [-0.1, -0.05) is 29.8 Å². The Bertz CT molecular complexity index is 526. The lowest BCUT2D eigenvalue weighted by molar-refractivity contribution is 1.02. The van der Waals surface area contributed by atoms with Crippen LogP contribution in [0.5, 0.6) is 0 Å². The lowest BCUT2D eigenvalue weighted by atomic mass is 10.1. The number of benzene rings is 1. The fraction of sp³-hybridized carbons (Fsp3) is 0.154. The molecule has 1 aromatic heterocycles. The van der Waals surface area contributed by atoms with Gasteiger partial charge in [0, 0.05) is 11.8 Å². The fourth-order valence-corrected chi connectivity index (χ4v) is 1.76. The van der Waals surface area contributed by atoms with Gasteiger partial charge in [0.25, 0.3) is 0 Å². The van der Waals surface area contributed by atoms with Gasteiger partial charge in [0.1, 0.15) is 5.15 Å². The maximum absolute atomic E-state index is 6.06. The monoisotopic (exact) mass is 215 g/mol. The number of hydrogen-bond donors (Lipinski definition) is 0. The van der Waals surface area contributed by atoms with Gasteiger partial charge in [-0.15, -0.1) is 12.3 Å². The average Bonchev–Trinajstić information content (AvgIpc) is 2.26. The number of fused-ring (bicyclic) bond motifs is 1. The summed E-state index contributed by atoms with van der Waals surface area (Å²) < 4.78 is 0. The Morgan fingerprint density at radius 2 is 2.13 bits per heavy atom. The molecule has 1 nitrogen and oxygen atoms in total. The van der Waals surface area contributed by atoms with Crippen molar-refractivity contribution in [3.05, 3.63) is 41.0 Å². The Hall–Kier alpha value is -1.52. The second-order valence-electron chi connectivity index (χ2n) is 3.34. The second-order valence-corrected chi connectivity index (χ2v) is 3.69. The van der Waals surface area contributed by atoms with Crippen LogP contribution in [0.15, 0.2) is 30.3 Å². The summed E-state index contributed by atoms with van der Waals surface area (Å²) in [5, 5.41) is 1.66. The topological polar surface area (TPSA) is 12.9 Å². The van der Waals surface area contributed by atoms with E-state index in [4.69, 9.17) is 18.0 Å². The van der Waals surface area contributed by atoms with E-state index in [0.29, 0.717) is 11.6 Å². The third-order valence-electron chi connectivity index (χ3n) is 2.29. The van der Waals surface area contributed by atoms with Crippen LogP contribution < -0.4 is 0 Å². The van der Waals surface area contributed by atoms with Gasteiger partial charge < -0.3 is 0 Å². The molecule has 74 valence electrons. The minimum absolute atomic E-state index is 0.559. The summed E-state index contributed by atoms with van der Waals surface area (Å²) >= 11 is 6.06. The van der Waals surface area contributed by atoms with E-state index in [0.717, 1.165) is 22.9 Å². The van der Waals surface area contributed by atoms with Crippen LogP contribution in [0, 0.1) is 12.3 Å². The van der Waals surface area contributed by atoms with Gasteiger partial charge in [-0.25, -0.2) is 4.98 Å². The molecule has 0 unspecified atom stereocenters. The lowest BCUT2D eigenvalue weighted by Gasteiger charge is -2.03. The van der Waals surface area contributed by atoms with E-state index in [9.17, 15) is 0 Å². The molecule has 0 saturated carbocycles. The molecule has 0 N–H and O–H groups in total. The normalized spacial score (nSPS) is 10.1. The molecular weight excluding hydrogens is 206 g/mol. The van der Waals surface area contributed by atoms with E-state index in [1.807, 2.05) is 24.3 Å². The Labute approximate surface area is 94.1 Å². The number of pyridine rings is 1. The first-order valence-electron chi connectivity index (χ1n) is 4.79. The Morgan fingerprint density at radius 3 is 2.93 bits per heavy atom. The van der Waals surface area contributed by atoms with Gasteiger partial charge in [-0.2, -0.15) is 0 Å². The SMILES string of the molecule is C#CCCc1cc2ccccc2nc1Cl. The summed E-state index contributed by atoms with van der Waals surface area (Å²) in [4.78, 5) is 4.33. The quantitative estimate of drug-likeness (QED) is 0.552. The minimum atomic E-state index is 0.559. The summed E-state index contributed by atoms with van der Waals surface area (Å²) in [5.41, 5.74) is 1.94. The molecule has 0 radical (unpaired) electrons.